The molecular formula is C14H20ClNS2. The van der Waals surface area contributed by atoms with Crippen LogP contribution in [-0.4, -0.2) is 24.3 Å². The van der Waals surface area contributed by atoms with E-state index in [1.54, 1.807) is 0 Å². The summed E-state index contributed by atoms with van der Waals surface area (Å²) in [4.78, 5) is 1.40. The Labute approximate surface area is 123 Å². The average molecular weight is 302 g/mol. The van der Waals surface area contributed by atoms with Crippen molar-refractivity contribution in [2.24, 2.45) is 0 Å². The van der Waals surface area contributed by atoms with Crippen LogP contribution in [-0.2, 0) is 0 Å². The number of thioether (sulfide) groups is 2. The third-order valence-electron chi connectivity index (χ3n) is 3.18. The van der Waals surface area contributed by atoms with Crippen LogP contribution in [0.25, 0.3) is 0 Å². The van der Waals surface area contributed by atoms with E-state index >= 15 is 0 Å². The van der Waals surface area contributed by atoms with Gasteiger partial charge in [-0.15, -0.1) is 11.8 Å². The minimum absolute atomic E-state index is 0.495. The number of benzene rings is 1. The van der Waals surface area contributed by atoms with Crippen molar-refractivity contribution in [3.8, 4) is 0 Å². The Bertz CT molecular complexity index is 384. The van der Waals surface area contributed by atoms with Crippen LogP contribution in [0.15, 0.2) is 23.1 Å². The molecule has 0 bridgehead atoms. The van der Waals surface area contributed by atoms with Crippen molar-refractivity contribution in [2.45, 2.75) is 30.2 Å². The summed E-state index contributed by atoms with van der Waals surface area (Å²) in [5, 5.41) is 4.53. The Morgan fingerprint density at radius 1 is 1.44 bits per heavy atom. The van der Waals surface area contributed by atoms with Gasteiger partial charge in [-0.05, 0) is 67.3 Å². The molecule has 4 heteroatoms. The van der Waals surface area contributed by atoms with Crippen LogP contribution in [0.5, 0.6) is 0 Å². The average Bonchev–Trinajstić information content (AvgIpc) is 2.39. The molecule has 0 aliphatic carbocycles. The number of nitrogens with one attached hydrogen (secondary N) is 1. The molecule has 1 nitrogen and oxygen atoms in total. The summed E-state index contributed by atoms with van der Waals surface area (Å²) < 4.78 is 0. The third kappa shape index (κ3) is 4.09. The van der Waals surface area contributed by atoms with E-state index in [0.717, 1.165) is 11.6 Å². The molecule has 2 rings (SSSR count). The predicted octanol–water partition coefficient (Wildman–Crippen LogP) is 4.61. The van der Waals surface area contributed by atoms with E-state index in [4.69, 9.17) is 11.6 Å². The Morgan fingerprint density at radius 3 is 3.17 bits per heavy atom. The molecule has 1 unspecified atom stereocenters. The quantitative estimate of drug-likeness (QED) is 0.771. The lowest BCUT2D eigenvalue weighted by Crippen LogP contribution is -2.25. The molecule has 0 aromatic heterocycles. The van der Waals surface area contributed by atoms with Crippen molar-refractivity contribution in [3.63, 3.8) is 0 Å². The summed E-state index contributed by atoms with van der Waals surface area (Å²) >= 11 is 9.98. The first-order valence-electron chi connectivity index (χ1n) is 6.46. The van der Waals surface area contributed by atoms with Gasteiger partial charge in [0.15, 0.2) is 0 Å². The Balaban J connectivity index is 1.89. The molecular weight excluding hydrogens is 282 g/mol. The van der Waals surface area contributed by atoms with Crippen molar-refractivity contribution in [2.75, 3.05) is 24.3 Å². The number of hydrogen-bond donors (Lipinski definition) is 1. The molecule has 100 valence electrons. The van der Waals surface area contributed by atoms with Crippen molar-refractivity contribution < 1.29 is 0 Å². The molecule has 0 fully saturated rings. The molecule has 0 saturated heterocycles. The summed E-state index contributed by atoms with van der Waals surface area (Å²) in [5.74, 6) is 2.47. The Morgan fingerprint density at radius 2 is 2.33 bits per heavy atom. The first-order valence-corrected chi connectivity index (χ1v) is 9.21. The number of hydrogen-bond acceptors (Lipinski definition) is 3. The molecule has 1 aromatic carbocycles. The minimum atomic E-state index is 0.495. The molecule has 1 N–H and O–H groups in total. The maximum atomic E-state index is 6.10. The van der Waals surface area contributed by atoms with Gasteiger partial charge in [0.2, 0.25) is 0 Å². The highest BCUT2D eigenvalue weighted by Gasteiger charge is 2.20. The van der Waals surface area contributed by atoms with Gasteiger partial charge in [0.05, 0.1) is 0 Å². The van der Waals surface area contributed by atoms with Crippen LogP contribution in [0, 0.1) is 0 Å². The van der Waals surface area contributed by atoms with E-state index in [-0.39, 0.29) is 0 Å². The smallest absolute Gasteiger partial charge is 0.0410 e. The van der Waals surface area contributed by atoms with E-state index in [2.05, 4.69) is 23.7 Å². The second kappa shape index (κ2) is 7.68. The normalized spacial score (nSPS) is 18.7. The van der Waals surface area contributed by atoms with E-state index in [1.165, 1.54) is 41.2 Å². The highest BCUT2D eigenvalue weighted by Crippen LogP contribution is 2.37. The van der Waals surface area contributed by atoms with Gasteiger partial charge in [-0.1, -0.05) is 11.6 Å². The zero-order valence-corrected chi connectivity index (χ0v) is 13.1. The largest absolute Gasteiger partial charge is 0.310 e. The molecule has 1 aliphatic rings. The van der Waals surface area contributed by atoms with Crippen LogP contribution >= 0.6 is 35.1 Å². The van der Waals surface area contributed by atoms with Crippen LogP contribution in [0.3, 0.4) is 0 Å². The zero-order valence-electron chi connectivity index (χ0n) is 10.7. The van der Waals surface area contributed by atoms with Gasteiger partial charge >= 0.3 is 0 Å². The van der Waals surface area contributed by atoms with Gasteiger partial charge in [-0.25, -0.2) is 0 Å². The molecule has 18 heavy (non-hydrogen) atoms. The maximum Gasteiger partial charge on any atom is 0.0410 e. The molecule has 1 aromatic rings. The summed E-state index contributed by atoms with van der Waals surface area (Å²) in [7, 11) is 0. The van der Waals surface area contributed by atoms with Gasteiger partial charge in [-0.2, -0.15) is 11.8 Å². The second-order valence-corrected chi connectivity index (χ2v) is 7.08. The first kappa shape index (κ1) is 14.6. The Kier molecular flexibility index (Phi) is 6.22. The lowest BCUT2D eigenvalue weighted by molar-refractivity contribution is 0.501. The molecule has 0 spiro atoms. The SMILES string of the molecule is CSCCCCNC1CCSc2ccc(Cl)cc21. The van der Waals surface area contributed by atoms with Crippen molar-refractivity contribution in [1.29, 1.82) is 0 Å². The standard InChI is InChI=1S/C14H20ClNS2/c1-17-8-3-2-7-16-13-6-9-18-14-5-4-11(15)10-12(13)14/h4-5,10,13,16H,2-3,6-9H2,1H3. The van der Waals surface area contributed by atoms with Gasteiger partial charge in [-0.3, -0.25) is 0 Å². The molecule has 1 atom stereocenters. The van der Waals surface area contributed by atoms with E-state index in [1.807, 2.05) is 29.6 Å². The van der Waals surface area contributed by atoms with Crippen LogP contribution in [0.2, 0.25) is 5.02 Å². The highest BCUT2D eigenvalue weighted by atomic mass is 35.5. The van der Waals surface area contributed by atoms with Crippen molar-refractivity contribution >= 4 is 35.1 Å². The maximum absolute atomic E-state index is 6.10. The van der Waals surface area contributed by atoms with E-state index in [0.29, 0.717) is 6.04 Å². The monoisotopic (exact) mass is 301 g/mol. The van der Waals surface area contributed by atoms with Gasteiger partial charge in [0, 0.05) is 16.0 Å². The van der Waals surface area contributed by atoms with Gasteiger partial charge in [0.1, 0.15) is 0 Å². The third-order valence-corrected chi connectivity index (χ3v) is 5.23. The topological polar surface area (TPSA) is 12.0 Å². The lowest BCUT2D eigenvalue weighted by atomic mass is 10.0. The predicted molar refractivity (Wildman–Crippen MR) is 85.2 cm³/mol. The van der Waals surface area contributed by atoms with Crippen molar-refractivity contribution in [3.05, 3.63) is 28.8 Å². The number of unbranched alkanes of at least 4 members (excludes halogenated alkanes) is 1. The van der Waals surface area contributed by atoms with Crippen LogP contribution in [0.4, 0.5) is 0 Å². The molecule has 0 saturated carbocycles. The fourth-order valence-electron chi connectivity index (χ4n) is 2.23. The molecule has 1 heterocycles. The number of rotatable bonds is 6. The lowest BCUT2D eigenvalue weighted by Gasteiger charge is -2.26. The fourth-order valence-corrected chi connectivity index (χ4v) is 4.00. The summed E-state index contributed by atoms with van der Waals surface area (Å²) in [6, 6.07) is 6.77. The first-order chi connectivity index (χ1) is 8.81. The number of fused-ring (bicyclic) bond motifs is 1. The fraction of sp³-hybridized carbons (Fsp3) is 0.571. The van der Waals surface area contributed by atoms with Crippen LogP contribution in [0.1, 0.15) is 30.9 Å². The molecule has 1 aliphatic heterocycles. The Hall–Kier alpha value is 0.170. The second-order valence-electron chi connectivity index (χ2n) is 4.53. The summed E-state index contributed by atoms with van der Waals surface area (Å²) in [5.41, 5.74) is 1.39. The zero-order chi connectivity index (χ0) is 12.8. The van der Waals surface area contributed by atoms with E-state index < -0.39 is 0 Å². The molecule has 0 radical (unpaired) electrons. The van der Waals surface area contributed by atoms with E-state index in [9.17, 15) is 0 Å². The van der Waals surface area contributed by atoms with Gasteiger partial charge < -0.3 is 5.32 Å². The number of halogens is 1. The van der Waals surface area contributed by atoms with Crippen molar-refractivity contribution in [1.82, 2.24) is 5.32 Å². The highest BCUT2D eigenvalue weighted by molar-refractivity contribution is 7.99. The molecule has 0 amide bonds. The van der Waals surface area contributed by atoms with Crippen LogP contribution < -0.4 is 5.32 Å². The van der Waals surface area contributed by atoms with Gasteiger partial charge in [0.25, 0.3) is 0 Å². The summed E-state index contributed by atoms with van der Waals surface area (Å²) in [6.45, 7) is 1.11. The summed E-state index contributed by atoms with van der Waals surface area (Å²) in [6.07, 6.45) is 5.95. The minimum Gasteiger partial charge on any atom is -0.310 e.